The van der Waals surface area contributed by atoms with Gasteiger partial charge in [-0.1, -0.05) is 22.0 Å². The van der Waals surface area contributed by atoms with Crippen molar-refractivity contribution in [3.8, 4) is 0 Å². The zero-order valence-corrected chi connectivity index (χ0v) is 10.0. The van der Waals surface area contributed by atoms with E-state index in [-0.39, 0.29) is 5.69 Å². The lowest BCUT2D eigenvalue weighted by molar-refractivity contribution is 0.726. The normalized spacial score (nSPS) is 10.3. The van der Waals surface area contributed by atoms with Crippen LogP contribution in [-0.4, -0.2) is 9.55 Å². The molecule has 0 bridgehead atoms. The van der Waals surface area contributed by atoms with E-state index in [1.54, 1.807) is 12.3 Å². The predicted molar refractivity (Wildman–Crippen MR) is 66.2 cm³/mol. The van der Waals surface area contributed by atoms with Gasteiger partial charge in [0.25, 0.3) is 0 Å². The highest BCUT2D eigenvalue weighted by molar-refractivity contribution is 9.10. The lowest BCUT2D eigenvalue weighted by Gasteiger charge is -2.09. The van der Waals surface area contributed by atoms with Crippen molar-refractivity contribution in [1.82, 2.24) is 9.55 Å². The predicted octanol–water partition coefficient (Wildman–Crippen LogP) is 1.64. The van der Waals surface area contributed by atoms with Crippen molar-refractivity contribution in [3.05, 3.63) is 57.2 Å². The molecule has 0 aliphatic carbocycles. The summed E-state index contributed by atoms with van der Waals surface area (Å²) >= 11 is 3.41. The summed E-state index contributed by atoms with van der Waals surface area (Å²) in [6.07, 6.45) is 3.16. The number of benzene rings is 1. The fourth-order valence-electron chi connectivity index (χ4n) is 1.42. The monoisotopic (exact) mass is 279 g/mol. The smallest absolute Gasteiger partial charge is 0.347 e. The molecule has 16 heavy (non-hydrogen) atoms. The van der Waals surface area contributed by atoms with Crippen LogP contribution < -0.4 is 11.4 Å². The van der Waals surface area contributed by atoms with Gasteiger partial charge in [-0.2, -0.15) is 0 Å². The quantitative estimate of drug-likeness (QED) is 0.851. The Labute approximate surface area is 101 Å². The van der Waals surface area contributed by atoms with E-state index >= 15 is 0 Å². The third-order valence-corrected chi connectivity index (χ3v) is 3.01. The molecule has 0 saturated carbocycles. The van der Waals surface area contributed by atoms with Crippen molar-refractivity contribution in [2.45, 2.75) is 6.54 Å². The summed E-state index contributed by atoms with van der Waals surface area (Å²) in [5, 5.41) is 0. The van der Waals surface area contributed by atoms with Gasteiger partial charge >= 0.3 is 5.69 Å². The first kappa shape index (κ1) is 10.9. The van der Waals surface area contributed by atoms with Crippen LogP contribution in [0.3, 0.4) is 0 Å². The fourth-order valence-corrected chi connectivity index (χ4v) is 1.93. The molecular weight excluding hydrogens is 270 g/mol. The number of nitrogens with zero attached hydrogens (tertiary/aromatic N) is 2. The molecule has 5 heteroatoms. The fraction of sp³-hybridized carbons (Fsp3) is 0.0909. The number of halogens is 1. The Bertz CT molecular complexity index is 545. The summed E-state index contributed by atoms with van der Waals surface area (Å²) in [5.41, 5.74) is 7.12. The van der Waals surface area contributed by atoms with Crippen LogP contribution in [0.4, 0.5) is 5.69 Å². The molecule has 2 rings (SSSR count). The lowest BCUT2D eigenvalue weighted by atomic mass is 10.2. The average Bonchev–Trinajstić information content (AvgIpc) is 2.26. The van der Waals surface area contributed by atoms with Crippen molar-refractivity contribution in [2.24, 2.45) is 0 Å². The van der Waals surface area contributed by atoms with E-state index in [1.165, 1.54) is 10.8 Å². The van der Waals surface area contributed by atoms with Gasteiger partial charge in [0.05, 0.1) is 6.54 Å². The molecule has 2 aromatic rings. The highest BCUT2D eigenvalue weighted by atomic mass is 79.9. The van der Waals surface area contributed by atoms with E-state index < -0.39 is 0 Å². The number of hydrogen-bond donors (Lipinski definition) is 1. The van der Waals surface area contributed by atoms with Gasteiger partial charge in [-0.15, -0.1) is 0 Å². The van der Waals surface area contributed by atoms with Gasteiger partial charge < -0.3 is 5.73 Å². The van der Waals surface area contributed by atoms with Crippen LogP contribution in [0.2, 0.25) is 0 Å². The van der Waals surface area contributed by atoms with Gasteiger partial charge in [-0.05, 0) is 18.2 Å². The van der Waals surface area contributed by atoms with Gasteiger partial charge in [0.15, 0.2) is 0 Å². The minimum atomic E-state index is -0.280. The molecule has 2 N–H and O–H groups in total. The van der Waals surface area contributed by atoms with Crippen molar-refractivity contribution < 1.29 is 0 Å². The Hall–Kier alpha value is -1.62. The Morgan fingerprint density at radius 2 is 2.19 bits per heavy atom. The molecule has 0 aliphatic heterocycles. The largest absolute Gasteiger partial charge is 0.398 e. The standard InChI is InChI=1S/C11H10BrN3O/c12-9-3-1-4-10(13)8(9)7-15-6-2-5-14-11(15)16/h1-6H,7,13H2. The lowest BCUT2D eigenvalue weighted by Crippen LogP contribution is -2.22. The SMILES string of the molecule is Nc1cccc(Br)c1Cn1cccnc1=O. The van der Waals surface area contributed by atoms with Crippen molar-refractivity contribution in [3.63, 3.8) is 0 Å². The Balaban J connectivity index is 2.42. The summed E-state index contributed by atoms with van der Waals surface area (Å²) < 4.78 is 2.40. The van der Waals surface area contributed by atoms with E-state index in [1.807, 2.05) is 18.2 Å². The first-order valence-corrected chi connectivity index (χ1v) is 5.52. The number of nitrogen functional groups attached to an aromatic ring is 1. The van der Waals surface area contributed by atoms with E-state index in [4.69, 9.17) is 5.73 Å². The van der Waals surface area contributed by atoms with E-state index in [2.05, 4.69) is 20.9 Å². The van der Waals surface area contributed by atoms with Gasteiger partial charge in [0, 0.05) is 28.1 Å². The average molecular weight is 280 g/mol. The van der Waals surface area contributed by atoms with Crippen LogP contribution in [0.1, 0.15) is 5.56 Å². The van der Waals surface area contributed by atoms with Gasteiger partial charge in [-0.3, -0.25) is 4.57 Å². The van der Waals surface area contributed by atoms with Crippen molar-refractivity contribution >= 4 is 21.6 Å². The number of anilines is 1. The molecular formula is C11H10BrN3O. The number of nitrogens with two attached hydrogens (primary N) is 1. The zero-order chi connectivity index (χ0) is 11.5. The maximum atomic E-state index is 11.4. The topological polar surface area (TPSA) is 60.9 Å². The van der Waals surface area contributed by atoms with Crippen LogP contribution in [0, 0.1) is 0 Å². The second-order valence-electron chi connectivity index (χ2n) is 3.34. The third-order valence-electron chi connectivity index (χ3n) is 2.27. The molecule has 0 saturated heterocycles. The molecule has 0 spiro atoms. The van der Waals surface area contributed by atoms with Gasteiger partial charge in [0.2, 0.25) is 0 Å². The van der Waals surface area contributed by atoms with E-state index in [9.17, 15) is 4.79 Å². The van der Waals surface area contributed by atoms with Crippen LogP contribution in [0.25, 0.3) is 0 Å². The summed E-state index contributed by atoms with van der Waals surface area (Å²) in [6, 6.07) is 7.28. The minimum Gasteiger partial charge on any atom is -0.398 e. The first-order chi connectivity index (χ1) is 7.68. The van der Waals surface area contributed by atoms with Gasteiger partial charge in [-0.25, -0.2) is 9.78 Å². The molecule has 0 radical (unpaired) electrons. The Kier molecular flexibility index (Phi) is 3.05. The summed E-state index contributed by atoms with van der Waals surface area (Å²) in [7, 11) is 0. The van der Waals surface area contributed by atoms with E-state index in [0.717, 1.165) is 10.0 Å². The molecule has 0 fully saturated rings. The first-order valence-electron chi connectivity index (χ1n) is 4.73. The number of hydrogen-bond acceptors (Lipinski definition) is 3. The van der Waals surface area contributed by atoms with Crippen LogP contribution in [0.5, 0.6) is 0 Å². The third kappa shape index (κ3) is 2.14. The summed E-state index contributed by atoms with van der Waals surface area (Å²) in [5.74, 6) is 0. The Morgan fingerprint density at radius 3 is 2.88 bits per heavy atom. The number of rotatable bonds is 2. The molecule has 82 valence electrons. The minimum absolute atomic E-state index is 0.280. The summed E-state index contributed by atoms with van der Waals surface area (Å²) in [4.78, 5) is 15.1. The molecule has 0 amide bonds. The van der Waals surface area contributed by atoms with Gasteiger partial charge in [0.1, 0.15) is 0 Å². The maximum absolute atomic E-state index is 11.4. The van der Waals surface area contributed by atoms with Crippen LogP contribution >= 0.6 is 15.9 Å². The van der Waals surface area contributed by atoms with E-state index in [0.29, 0.717) is 12.2 Å². The number of aromatic nitrogens is 2. The molecule has 4 nitrogen and oxygen atoms in total. The molecule has 0 atom stereocenters. The summed E-state index contributed by atoms with van der Waals surface area (Å²) in [6.45, 7) is 0.417. The Morgan fingerprint density at radius 1 is 1.38 bits per heavy atom. The molecule has 1 aromatic heterocycles. The molecule has 0 aliphatic rings. The van der Waals surface area contributed by atoms with Crippen molar-refractivity contribution in [1.29, 1.82) is 0 Å². The highest BCUT2D eigenvalue weighted by Gasteiger charge is 2.05. The van der Waals surface area contributed by atoms with Crippen LogP contribution in [-0.2, 0) is 6.54 Å². The zero-order valence-electron chi connectivity index (χ0n) is 8.43. The molecule has 0 unspecified atom stereocenters. The second kappa shape index (κ2) is 4.49. The molecule has 1 heterocycles. The second-order valence-corrected chi connectivity index (χ2v) is 4.19. The highest BCUT2D eigenvalue weighted by Crippen LogP contribution is 2.22. The molecule has 1 aromatic carbocycles. The maximum Gasteiger partial charge on any atom is 0.347 e. The van der Waals surface area contributed by atoms with Crippen LogP contribution in [0.15, 0.2) is 45.9 Å². The van der Waals surface area contributed by atoms with Crippen molar-refractivity contribution in [2.75, 3.05) is 5.73 Å².